The summed E-state index contributed by atoms with van der Waals surface area (Å²) in [6.45, 7) is 1.01. The van der Waals surface area contributed by atoms with Crippen molar-refractivity contribution in [1.29, 1.82) is 0 Å². The van der Waals surface area contributed by atoms with Crippen molar-refractivity contribution in [2.75, 3.05) is 13.6 Å². The van der Waals surface area contributed by atoms with E-state index in [9.17, 15) is 4.79 Å². The van der Waals surface area contributed by atoms with E-state index in [1.54, 1.807) is 11.1 Å². The van der Waals surface area contributed by atoms with Gasteiger partial charge in [0.15, 0.2) is 0 Å². The van der Waals surface area contributed by atoms with E-state index < -0.39 is 0 Å². The summed E-state index contributed by atoms with van der Waals surface area (Å²) in [5.74, 6) is 0.188. The van der Waals surface area contributed by atoms with Crippen LogP contribution in [0.4, 0.5) is 0 Å². The van der Waals surface area contributed by atoms with Crippen molar-refractivity contribution in [3.8, 4) is 0 Å². The summed E-state index contributed by atoms with van der Waals surface area (Å²) in [5, 5.41) is 0. The number of carbonyl (C=O) groups excluding carboxylic acids is 1. The topological polar surface area (TPSA) is 59.2 Å². The van der Waals surface area contributed by atoms with Crippen molar-refractivity contribution >= 4 is 5.91 Å². The van der Waals surface area contributed by atoms with E-state index in [-0.39, 0.29) is 11.3 Å². The lowest BCUT2D eigenvalue weighted by molar-refractivity contribution is -0.141. The Morgan fingerprint density at radius 2 is 2.00 bits per heavy atom. The summed E-state index contributed by atoms with van der Waals surface area (Å²) >= 11 is 0. The van der Waals surface area contributed by atoms with Crippen molar-refractivity contribution in [2.45, 2.75) is 45.1 Å². The third kappa shape index (κ3) is 3.37. The van der Waals surface area contributed by atoms with Crippen LogP contribution in [0.2, 0.25) is 0 Å². The van der Waals surface area contributed by atoms with Crippen LogP contribution in [0.3, 0.4) is 0 Å². The van der Waals surface area contributed by atoms with Crippen LogP contribution < -0.4 is 5.73 Å². The summed E-state index contributed by atoms with van der Waals surface area (Å²) in [4.78, 5) is 18.9. The predicted octanol–water partition coefficient (Wildman–Crippen LogP) is 2.34. The Balaban J connectivity index is 2.07. The Morgan fingerprint density at radius 3 is 2.55 bits per heavy atom. The Bertz CT molecular complexity index is 425. The average Bonchev–Trinajstić information content (AvgIpc) is 2.74. The molecule has 1 heterocycles. The van der Waals surface area contributed by atoms with E-state index in [1.165, 1.54) is 12.8 Å². The highest BCUT2D eigenvalue weighted by Gasteiger charge is 2.39. The molecule has 0 atom stereocenters. The maximum Gasteiger partial charge on any atom is 0.230 e. The molecule has 2 N–H and O–H groups in total. The highest BCUT2D eigenvalue weighted by molar-refractivity contribution is 5.82. The number of carbonyl (C=O) groups is 1. The van der Waals surface area contributed by atoms with Crippen LogP contribution in [0.1, 0.15) is 44.2 Å². The first kappa shape index (κ1) is 15.0. The van der Waals surface area contributed by atoms with Crippen molar-refractivity contribution in [2.24, 2.45) is 11.1 Å². The Morgan fingerprint density at radius 1 is 1.30 bits per heavy atom. The van der Waals surface area contributed by atoms with Gasteiger partial charge in [0.1, 0.15) is 0 Å². The normalized spacial score (nSPS) is 18.3. The molecule has 1 aromatic rings. The average molecular weight is 275 g/mol. The Labute approximate surface area is 121 Å². The lowest BCUT2D eigenvalue weighted by Gasteiger charge is -2.34. The molecule has 0 unspecified atom stereocenters. The molecule has 2 rings (SSSR count). The number of hydrogen-bond donors (Lipinski definition) is 1. The molecule has 0 spiro atoms. The fourth-order valence-corrected chi connectivity index (χ4v) is 3.12. The molecular weight excluding hydrogens is 250 g/mol. The van der Waals surface area contributed by atoms with Gasteiger partial charge in [-0.2, -0.15) is 0 Å². The Kier molecular flexibility index (Phi) is 5.12. The zero-order valence-corrected chi connectivity index (χ0v) is 12.3. The van der Waals surface area contributed by atoms with E-state index in [1.807, 2.05) is 25.2 Å². The first-order valence-electron chi connectivity index (χ1n) is 7.53. The molecule has 1 aliphatic rings. The van der Waals surface area contributed by atoms with Gasteiger partial charge in [0, 0.05) is 19.8 Å². The molecular formula is C16H25N3O. The summed E-state index contributed by atoms with van der Waals surface area (Å²) in [6.07, 6.45) is 8.28. The zero-order valence-electron chi connectivity index (χ0n) is 12.3. The molecule has 4 nitrogen and oxygen atoms in total. The predicted molar refractivity (Wildman–Crippen MR) is 79.9 cm³/mol. The number of amides is 1. The first-order chi connectivity index (χ1) is 9.68. The highest BCUT2D eigenvalue weighted by atomic mass is 16.2. The first-order valence-corrected chi connectivity index (χ1v) is 7.53. The van der Waals surface area contributed by atoms with Crippen LogP contribution in [0.25, 0.3) is 0 Å². The molecule has 0 saturated heterocycles. The molecule has 1 saturated carbocycles. The fraction of sp³-hybridized carbons (Fsp3) is 0.625. The standard InChI is InChI=1S/C16H25N3O/c1-19(12-14-8-4-7-11-18-14)15(20)16(13-17)9-5-2-3-6-10-16/h4,7-8,11H,2-3,5-6,9-10,12-13,17H2,1H3. The van der Waals surface area contributed by atoms with Gasteiger partial charge in [-0.15, -0.1) is 0 Å². The van der Waals surface area contributed by atoms with Gasteiger partial charge in [-0.05, 0) is 25.0 Å². The van der Waals surface area contributed by atoms with Crippen LogP contribution >= 0.6 is 0 Å². The summed E-state index contributed by atoms with van der Waals surface area (Å²) < 4.78 is 0. The molecule has 110 valence electrons. The third-order valence-corrected chi connectivity index (χ3v) is 4.38. The van der Waals surface area contributed by atoms with Crippen LogP contribution in [0.15, 0.2) is 24.4 Å². The number of aromatic nitrogens is 1. The minimum absolute atomic E-state index is 0.188. The lowest BCUT2D eigenvalue weighted by Crippen LogP contribution is -2.46. The third-order valence-electron chi connectivity index (χ3n) is 4.38. The van der Waals surface area contributed by atoms with Gasteiger partial charge in [-0.25, -0.2) is 0 Å². The second kappa shape index (κ2) is 6.84. The summed E-state index contributed by atoms with van der Waals surface area (Å²) in [7, 11) is 1.86. The second-order valence-electron chi connectivity index (χ2n) is 5.88. The van der Waals surface area contributed by atoms with E-state index in [2.05, 4.69) is 4.98 Å². The highest BCUT2D eigenvalue weighted by Crippen LogP contribution is 2.35. The molecule has 1 aromatic heterocycles. The van der Waals surface area contributed by atoms with Gasteiger partial charge < -0.3 is 10.6 Å². The van der Waals surface area contributed by atoms with Gasteiger partial charge in [-0.1, -0.05) is 31.7 Å². The van der Waals surface area contributed by atoms with Crippen LogP contribution in [-0.4, -0.2) is 29.4 Å². The molecule has 4 heteroatoms. The number of pyridine rings is 1. The van der Waals surface area contributed by atoms with Gasteiger partial charge in [-0.3, -0.25) is 9.78 Å². The molecule has 1 fully saturated rings. The van der Waals surface area contributed by atoms with Crippen LogP contribution in [0, 0.1) is 5.41 Å². The fourth-order valence-electron chi connectivity index (χ4n) is 3.12. The molecule has 0 aromatic carbocycles. The van der Waals surface area contributed by atoms with Crippen LogP contribution in [-0.2, 0) is 11.3 Å². The smallest absolute Gasteiger partial charge is 0.230 e. The molecule has 1 amide bonds. The quantitative estimate of drug-likeness (QED) is 0.858. The number of nitrogens with zero attached hydrogens (tertiary/aromatic N) is 2. The second-order valence-corrected chi connectivity index (χ2v) is 5.88. The van der Waals surface area contributed by atoms with Crippen molar-refractivity contribution in [3.63, 3.8) is 0 Å². The van der Waals surface area contributed by atoms with Crippen molar-refractivity contribution in [3.05, 3.63) is 30.1 Å². The van der Waals surface area contributed by atoms with E-state index in [0.717, 1.165) is 31.4 Å². The molecule has 0 aliphatic heterocycles. The Hall–Kier alpha value is -1.42. The van der Waals surface area contributed by atoms with Crippen molar-refractivity contribution in [1.82, 2.24) is 9.88 Å². The number of hydrogen-bond acceptors (Lipinski definition) is 3. The number of nitrogens with two attached hydrogens (primary N) is 1. The van der Waals surface area contributed by atoms with Gasteiger partial charge in [0.25, 0.3) is 0 Å². The minimum Gasteiger partial charge on any atom is -0.339 e. The largest absolute Gasteiger partial charge is 0.339 e. The minimum atomic E-state index is -0.347. The molecule has 0 bridgehead atoms. The monoisotopic (exact) mass is 275 g/mol. The molecule has 20 heavy (non-hydrogen) atoms. The molecule has 1 aliphatic carbocycles. The maximum atomic E-state index is 12.8. The summed E-state index contributed by atoms with van der Waals surface area (Å²) in [6, 6.07) is 5.79. The van der Waals surface area contributed by atoms with Gasteiger partial charge in [0.05, 0.1) is 17.7 Å². The zero-order chi connectivity index (χ0) is 14.4. The van der Waals surface area contributed by atoms with Crippen molar-refractivity contribution < 1.29 is 4.79 Å². The maximum absolute atomic E-state index is 12.8. The SMILES string of the molecule is CN(Cc1ccccn1)C(=O)C1(CN)CCCCCC1. The van der Waals surface area contributed by atoms with E-state index in [4.69, 9.17) is 5.73 Å². The number of rotatable bonds is 4. The van der Waals surface area contributed by atoms with Crippen LogP contribution in [0.5, 0.6) is 0 Å². The van der Waals surface area contributed by atoms with Gasteiger partial charge in [0.2, 0.25) is 5.91 Å². The lowest BCUT2D eigenvalue weighted by atomic mass is 9.79. The van der Waals surface area contributed by atoms with E-state index in [0.29, 0.717) is 13.1 Å². The van der Waals surface area contributed by atoms with Gasteiger partial charge >= 0.3 is 0 Å². The molecule has 0 radical (unpaired) electrons. The summed E-state index contributed by atoms with van der Waals surface area (Å²) in [5.41, 5.74) is 6.55. The van der Waals surface area contributed by atoms with E-state index >= 15 is 0 Å².